The van der Waals surface area contributed by atoms with Crippen molar-refractivity contribution in [2.45, 2.75) is 45.1 Å². The molecule has 3 aliphatic rings. The molecule has 1 unspecified atom stereocenters. The third-order valence-corrected chi connectivity index (χ3v) is 6.26. The number of anilines is 3. The minimum Gasteiger partial charge on any atom is -0.480 e. The summed E-state index contributed by atoms with van der Waals surface area (Å²) in [6.07, 6.45) is 5.51. The number of hydrogen-bond acceptors (Lipinski definition) is 7. The Balaban J connectivity index is 1.52. The second kappa shape index (κ2) is 8.51. The monoisotopic (exact) mass is 388 g/mol. The number of carboxylic acid groups (broad SMARTS) is 1. The van der Waals surface area contributed by atoms with E-state index in [0.717, 1.165) is 69.9 Å². The molecule has 0 radical (unpaired) electrons. The van der Waals surface area contributed by atoms with Gasteiger partial charge in [0.2, 0.25) is 5.95 Å². The van der Waals surface area contributed by atoms with Crippen LogP contribution in [0.1, 0.15) is 39.0 Å². The van der Waals surface area contributed by atoms with Crippen LogP contribution in [-0.4, -0.2) is 84.3 Å². The molecular weight excluding hydrogens is 356 g/mol. The number of aromatic nitrogens is 2. The highest BCUT2D eigenvalue weighted by molar-refractivity contribution is 5.73. The molecule has 0 aromatic carbocycles. The fourth-order valence-electron chi connectivity index (χ4n) is 4.59. The van der Waals surface area contributed by atoms with Crippen LogP contribution in [0, 0.1) is 0 Å². The summed E-state index contributed by atoms with van der Waals surface area (Å²) in [5, 5.41) is 9.44. The quantitative estimate of drug-likeness (QED) is 0.789. The summed E-state index contributed by atoms with van der Waals surface area (Å²) in [4.78, 5) is 30.4. The molecule has 3 saturated heterocycles. The zero-order valence-corrected chi connectivity index (χ0v) is 16.9. The Hall–Kier alpha value is -2.09. The molecule has 8 heteroatoms. The number of nitrogens with zero attached hydrogens (tertiary/aromatic N) is 6. The number of rotatable bonds is 6. The van der Waals surface area contributed by atoms with Crippen molar-refractivity contribution in [1.82, 2.24) is 14.9 Å². The molecule has 1 N–H and O–H groups in total. The number of aliphatic carboxylic acids is 1. The van der Waals surface area contributed by atoms with Gasteiger partial charge in [0, 0.05) is 58.4 Å². The van der Waals surface area contributed by atoms with Crippen LogP contribution in [0.4, 0.5) is 17.6 Å². The first kappa shape index (κ1) is 19.2. The Morgan fingerprint density at radius 3 is 1.89 bits per heavy atom. The molecule has 4 heterocycles. The highest BCUT2D eigenvalue weighted by Gasteiger charge is 2.29. The summed E-state index contributed by atoms with van der Waals surface area (Å²) in [6, 6.07) is 1.75. The summed E-state index contributed by atoms with van der Waals surface area (Å²) in [6.45, 7) is 9.28. The van der Waals surface area contributed by atoms with Gasteiger partial charge in [-0.3, -0.25) is 9.69 Å². The SMILES string of the molecule is CCC(C(=O)O)N1CCN(c2cc(N3CCCC3)nc(N3CCCC3)n2)CC1. The predicted octanol–water partition coefficient (Wildman–Crippen LogP) is 1.66. The summed E-state index contributed by atoms with van der Waals surface area (Å²) < 4.78 is 0. The molecule has 1 aromatic heterocycles. The van der Waals surface area contributed by atoms with Gasteiger partial charge in [0.25, 0.3) is 0 Å². The van der Waals surface area contributed by atoms with Gasteiger partial charge in [0.15, 0.2) is 0 Å². The first-order chi connectivity index (χ1) is 13.7. The van der Waals surface area contributed by atoms with E-state index in [9.17, 15) is 9.90 Å². The molecule has 0 bridgehead atoms. The van der Waals surface area contributed by atoms with Gasteiger partial charge in [-0.2, -0.15) is 9.97 Å². The minimum atomic E-state index is -0.717. The normalized spacial score (nSPS) is 22.1. The molecular formula is C20H32N6O2. The van der Waals surface area contributed by atoms with Crippen molar-refractivity contribution >= 4 is 23.6 Å². The van der Waals surface area contributed by atoms with Crippen molar-refractivity contribution in [1.29, 1.82) is 0 Å². The predicted molar refractivity (Wildman–Crippen MR) is 110 cm³/mol. The van der Waals surface area contributed by atoms with Gasteiger partial charge >= 0.3 is 5.97 Å². The molecule has 0 amide bonds. The summed E-state index contributed by atoms with van der Waals surface area (Å²) in [5.41, 5.74) is 0. The number of carboxylic acids is 1. The second-order valence-electron chi connectivity index (χ2n) is 8.06. The van der Waals surface area contributed by atoms with Crippen LogP contribution in [0.5, 0.6) is 0 Å². The Kier molecular flexibility index (Phi) is 5.85. The van der Waals surface area contributed by atoms with E-state index in [1.165, 1.54) is 25.7 Å². The lowest BCUT2D eigenvalue weighted by atomic mass is 10.1. The average molecular weight is 389 g/mol. The summed E-state index contributed by atoms with van der Waals surface area (Å²) in [7, 11) is 0. The zero-order chi connectivity index (χ0) is 19.5. The first-order valence-corrected chi connectivity index (χ1v) is 10.8. The van der Waals surface area contributed by atoms with E-state index >= 15 is 0 Å². The molecule has 154 valence electrons. The Morgan fingerprint density at radius 2 is 1.39 bits per heavy atom. The summed E-state index contributed by atoms with van der Waals surface area (Å²) in [5.74, 6) is 2.17. The largest absolute Gasteiger partial charge is 0.480 e. The van der Waals surface area contributed by atoms with Crippen LogP contribution in [0.25, 0.3) is 0 Å². The Morgan fingerprint density at radius 1 is 0.893 bits per heavy atom. The highest BCUT2D eigenvalue weighted by atomic mass is 16.4. The fourth-order valence-corrected chi connectivity index (χ4v) is 4.59. The molecule has 0 aliphatic carbocycles. The van der Waals surface area contributed by atoms with Gasteiger partial charge in [0.1, 0.15) is 17.7 Å². The Bertz CT molecular complexity index is 645. The molecule has 0 saturated carbocycles. The van der Waals surface area contributed by atoms with E-state index in [1.807, 2.05) is 6.92 Å². The summed E-state index contributed by atoms with van der Waals surface area (Å²) >= 11 is 0. The van der Waals surface area contributed by atoms with E-state index in [1.54, 1.807) is 0 Å². The van der Waals surface area contributed by atoms with Gasteiger partial charge in [-0.05, 0) is 32.1 Å². The molecule has 4 rings (SSSR count). The molecule has 3 aliphatic heterocycles. The molecule has 3 fully saturated rings. The van der Waals surface area contributed by atoms with Crippen LogP contribution >= 0.6 is 0 Å². The first-order valence-electron chi connectivity index (χ1n) is 10.8. The lowest BCUT2D eigenvalue weighted by Gasteiger charge is -2.38. The molecule has 8 nitrogen and oxygen atoms in total. The molecule has 1 atom stereocenters. The van der Waals surface area contributed by atoms with Crippen LogP contribution in [0.2, 0.25) is 0 Å². The maximum Gasteiger partial charge on any atom is 0.320 e. The molecule has 28 heavy (non-hydrogen) atoms. The molecule has 1 aromatic rings. The number of piperazine rings is 1. The fraction of sp³-hybridized carbons (Fsp3) is 0.750. The van der Waals surface area contributed by atoms with Crippen molar-refractivity contribution in [3.8, 4) is 0 Å². The Labute approximate surface area is 167 Å². The van der Waals surface area contributed by atoms with Gasteiger partial charge in [-0.25, -0.2) is 0 Å². The van der Waals surface area contributed by atoms with Crippen molar-refractivity contribution in [3.05, 3.63) is 6.07 Å². The number of hydrogen-bond donors (Lipinski definition) is 1. The molecule has 0 spiro atoms. The van der Waals surface area contributed by atoms with Crippen LogP contribution in [0.15, 0.2) is 6.07 Å². The van der Waals surface area contributed by atoms with Crippen LogP contribution < -0.4 is 14.7 Å². The van der Waals surface area contributed by atoms with Crippen LogP contribution in [-0.2, 0) is 4.79 Å². The highest BCUT2D eigenvalue weighted by Crippen LogP contribution is 2.28. The second-order valence-corrected chi connectivity index (χ2v) is 8.06. The van der Waals surface area contributed by atoms with E-state index in [2.05, 4.69) is 25.7 Å². The van der Waals surface area contributed by atoms with Crippen molar-refractivity contribution in [3.63, 3.8) is 0 Å². The van der Waals surface area contributed by atoms with Crippen molar-refractivity contribution < 1.29 is 9.90 Å². The standard InChI is InChI=1S/C20H32N6O2/c1-2-16(19(27)28)23-11-13-25(14-12-23)18-15-17(24-7-3-4-8-24)21-20(22-18)26-9-5-6-10-26/h15-16H,2-14H2,1H3,(H,27,28). The smallest absolute Gasteiger partial charge is 0.320 e. The maximum absolute atomic E-state index is 11.5. The topological polar surface area (TPSA) is 76.0 Å². The van der Waals surface area contributed by atoms with Gasteiger partial charge in [-0.1, -0.05) is 6.92 Å². The van der Waals surface area contributed by atoms with Crippen molar-refractivity contribution in [2.75, 3.05) is 67.1 Å². The average Bonchev–Trinajstić information content (AvgIpc) is 3.43. The van der Waals surface area contributed by atoms with E-state index in [-0.39, 0.29) is 6.04 Å². The minimum absolute atomic E-state index is 0.382. The van der Waals surface area contributed by atoms with Crippen molar-refractivity contribution in [2.24, 2.45) is 0 Å². The maximum atomic E-state index is 11.5. The third-order valence-electron chi connectivity index (χ3n) is 6.26. The third kappa shape index (κ3) is 4.01. The number of carbonyl (C=O) groups is 1. The van der Waals surface area contributed by atoms with Crippen LogP contribution in [0.3, 0.4) is 0 Å². The zero-order valence-electron chi connectivity index (χ0n) is 16.9. The van der Waals surface area contributed by atoms with E-state index < -0.39 is 5.97 Å². The van der Waals surface area contributed by atoms with Gasteiger partial charge in [0.05, 0.1) is 0 Å². The van der Waals surface area contributed by atoms with Gasteiger partial charge < -0.3 is 19.8 Å². The lowest BCUT2D eigenvalue weighted by molar-refractivity contribution is -0.143. The lowest BCUT2D eigenvalue weighted by Crippen LogP contribution is -2.52. The van der Waals surface area contributed by atoms with E-state index in [0.29, 0.717) is 6.42 Å². The van der Waals surface area contributed by atoms with E-state index in [4.69, 9.17) is 9.97 Å². The van der Waals surface area contributed by atoms with Gasteiger partial charge in [-0.15, -0.1) is 0 Å².